The third-order valence-corrected chi connectivity index (χ3v) is 33.1. The van der Waals surface area contributed by atoms with Gasteiger partial charge in [0.05, 0.1) is 0 Å². The minimum Gasteiger partial charge on any atom is -0.0654 e. The molecule has 4 atom stereocenters. The molecule has 0 spiro atoms. The van der Waals surface area contributed by atoms with Crippen molar-refractivity contribution in [3.63, 3.8) is 0 Å². The molecule has 0 heterocycles. The summed E-state index contributed by atoms with van der Waals surface area (Å²) in [5, 5.41) is 0. The summed E-state index contributed by atoms with van der Waals surface area (Å²) >= 11 is -6.57. The molecule has 0 rings (SSSR count). The molecule has 0 radical (unpaired) electrons. The maximum absolute atomic E-state index is 16.0. The molecule has 0 aromatic heterocycles. The van der Waals surface area contributed by atoms with Crippen molar-refractivity contribution < 1.29 is 31.5 Å². The van der Waals surface area contributed by atoms with E-state index in [-0.39, 0.29) is 21.7 Å². The van der Waals surface area contributed by atoms with Crippen LogP contribution in [-0.2, 0) is 31.5 Å². The predicted octanol–water partition coefficient (Wildman–Crippen LogP) is 36.0. The van der Waals surface area contributed by atoms with Crippen molar-refractivity contribution in [1.29, 1.82) is 0 Å². The molecule has 113 heavy (non-hydrogen) atoms. The van der Waals surface area contributed by atoms with Gasteiger partial charge in [-0.25, -0.2) is 0 Å². The van der Waals surface area contributed by atoms with Crippen LogP contribution in [-0.4, -0.2) is 43.9 Å². The minimum atomic E-state index is -6.57. The molecular weight excluding hydrogens is 1500 g/mol. The van der Waals surface area contributed by atoms with E-state index in [9.17, 15) is 0 Å². The first-order valence-electron chi connectivity index (χ1n) is 51.8. The quantitative estimate of drug-likeness (QED) is 0.0438. The Hall–Kier alpha value is -1.32. The Labute approximate surface area is 714 Å². The first-order valence-corrected chi connectivity index (χ1v) is 56.5. The Kier molecular flexibility index (Phi) is 74.7. The zero-order chi connectivity index (χ0) is 83.7. The van der Waals surface area contributed by atoms with Crippen molar-refractivity contribution in [2.45, 2.75) is 599 Å². The number of unbranched alkanes of at least 4 members (excludes halogenated alkanes) is 36. The van der Waals surface area contributed by atoms with Crippen LogP contribution < -0.4 is 0 Å². The average Bonchev–Trinajstić information content (AvgIpc) is 0.801. The summed E-state index contributed by atoms with van der Waals surface area (Å²) in [5.74, 6) is -4.30. The van der Waals surface area contributed by atoms with Crippen LogP contribution in [0.2, 0.25) is 0 Å². The van der Waals surface area contributed by atoms with Crippen molar-refractivity contribution >= 4 is 43.9 Å². The molecule has 9 heteroatoms. The Morgan fingerprint density at radius 1 is 0.177 bits per heavy atom. The fourth-order valence-corrected chi connectivity index (χ4v) is 25.4. The zero-order valence-corrected chi connectivity index (χ0v) is 82.7. The van der Waals surface area contributed by atoms with Crippen molar-refractivity contribution in [2.24, 2.45) is 45.3 Å². The Bertz CT molecular complexity index is 1700. The standard InChI is InChI=1S/4C26H52O2.Sn/c4*1-5-9-12-15-20-26(21-16-13-10-6-2,22-17-14-11-7-3)23-18-19-24(8-4)25(27)28;/h4*24H,5-23H2,1-4H3,(H,27,28);/q;;;;+4/p-4. The average molecular weight is 1700 g/mol. The zero-order valence-electron chi connectivity index (χ0n) is 79.8. The van der Waals surface area contributed by atoms with Crippen molar-refractivity contribution in [3.05, 3.63) is 0 Å². The van der Waals surface area contributed by atoms with Crippen LogP contribution in [0.4, 0.5) is 0 Å². The topological polar surface area (TPSA) is 105 Å². The normalized spacial score (nSPS) is 13.9. The summed E-state index contributed by atoms with van der Waals surface area (Å²) in [7, 11) is 0. The van der Waals surface area contributed by atoms with E-state index in [1.165, 1.54) is 385 Å². The van der Waals surface area contributed by atoms with Crippen LogP contribution in [0.3, 0.4) is 0 Å². The molecule has 0 fully saturated rings. The molecule has 672 valence electrons. The third kappa shape index (κ3) is 54.6. The second-order valence-electron chi connectivity index (χ2n) is 37.9. The summed E-state index contributed by atoms with van der Waals surface area (Å²) in [6, 6.07) is 0. The van der Waals surface area contributed by atoms with Crippen molar-refractivity contribution in [3.8, 4) is 0 Å². The molecule has 8 nitrogen and oxygen atoms in total. The summed E-state index contributed by atoms with van der Waals surface area (Å²) < 4.78 is 28.2. The molecule has 0 saturated heterocycles. The summed E-state index contributed by atoms with van der Waals surface area (Å²) in [5.41, 5.74) is 0.877. The van der Waals surface area contributed by atoms with Crippen LogP contribution >= 0.6 is 0 Å². The molecular formula is C104H204O8Sn. The monoisotopic (exact) mass is 1700 g/mol. The van der Waals surface area contributed by atoms with E-state index in [0.29, 0.717) is 51.4 Å². The number of carbonyl (C=O) groups is 4. The van der Waals surface area contributed by atoms with Crippen LogP contribution in [0.15, 0.2) is 0 Å². The number of carbonyl (C=O) groups excluding carboxylic acids is 4. The first-order chi connectivity index (χ1) is 54.9. The van der Waals surface area contributed by atoms with Gasteiger partial charge in [0.25, 0.3) is 0 Å². The van der Waals surface area contributed by atoms with E-state index in [0.717, 1.165) is 51.4 Å². The van der Waals surface area contributed by atoms with E-state index in [2.05, 4.69) is 111 Å². The van der Waals surface area contributed by atoms with Gasteiger partial charge >= 0.3 is 636 Å². The molecule has 0 aromatic rings. The smallest absolute Gasteiger partial charge is 0.0654 e. The second kappa shape index (κ2) is 75.6. The Morgan fingerprint density at radius 2 is 0.292 bits per heavy atom. The van der Waals surface area contributed by atoms with Crippen molar-refractivity contribution in [2.75, 3.05) is 0 Å². The molecule has 0 amide bonds. The molecule has 0 aromatic carbocycles. The van der Waals surface area contributed by atoms with Gasteiger partial charge in [-0.2, -0.15) is 0 Å². The molecule has 0 aliphatic rings. The molecule has 0 N–H and O–H groups in total. The van der Waals surface area contributed by atoms with Gasteiger partial charge < -0.3 is 0 Å². The summed E-state index contributed by atoms with van der Waals surface area (Å²) in [6.07, 6.45) is 87.2. The minimum absolute atomic E-state index is 0.219. The number of hydrogen-bond acceptors (Lipinski definition) is 8. The van der Waals surface area contributed by atoms with Gasteiger partial charge in [-0.1, -0.05) is 83.1 Å². The van der Waals surface area contributed by atoms with Crippen LogP contribution in [0.25, 0.3) is 0 Å². The van der Waals surface area contributed by atoms with E-state index >= 15 is 19.2 Å². The van der Waals surface area contributed by atoms with Gasteiger partial charge in [-0.15, -0.1) is 0 Å². The molecule has 0 saturated carbocycles. The maximum atomic E-state index is 16.0. The van der Waals surface area contributed by atoms with Gasteiger partial charge in [0.2, 0.25) is 0 Å². The van der Waals surface area contributed by atoms with E-state index in [1.54, 1.807) is 0 Å². The molecule has 4 unspecified atom stereocenters. The van der Waals surface area contributed by atoms with Gasteiger partial charge in [0, 0.05) is 0 Å². The molecule has 0 bridgehead atoms. The van der Waals surface area contributed by atoms with Crippen LogP contribution in [0.5, 0.6) is 0 Å². The predicted molar refractivity (Wildman–Crippen MR) is 495 cm³/mol. The van der Waals surface area contributed by atoms with E-state index < -0.39 is 67.6 Å². The van der Waals surface area contributed by atoms with Gasteiger partial charge in [0.1, 0.15) is 0 Å². The second-order valence-corrected chi connectivity index (χ2v) is 43.1. The fourth-order valence-electron chi connectivity index (χ4n) is 19.9. The van der Waals surface area contributed by atoms with Crippen LogP contribution in [0.1, 0.15) is 599 Å². The fraction of sp³-hybridized carbons (Fsp3) is 0.962. The van der Waals surface area contributed by atoms with Gasteiger partial charge in [-0.3, -0.25) is 0 Å². The Balaban J connectivity index is 8.80. The summed E-state index contributed by atoms with van der Waals surface area (Å²) in [6.45, 7) is 36.1. The van der Waals surface area contributed by atoms with Gasteiger partial charge in [-0.05, 0) is 0 Å². The molecule has 0 aliphatic heterocycles. The Morgan fingerprint density at radius 3 is 0.398 bits per heavy atom. The van der Waals surface area contributed by atoms with Crippen LogP contribution in [0, 0.1) is 45.3 Å². The third-order valence-electron chi connectivity index (χ3n) is 28.0. The van der Waals surface area contributed by atoms with E-state index in [4.69, 9.17) is 12.3 Å². The summed E-state index contributed by atoms with van der Waals surface area (Å²) in [4.78, 5) is 64.0. The van der Waals surface area contributed by atoms with Gasteiger partial charge in [0.15, 0.2) is 0 Å². The van der Waals surface area contributed by atoms with Crippen molar-refractivity contribution in [1.82, 2.24) is 0 Å². The molecule has 0 aliphatic carbocycles. The number of hydrogen-bond donors (Lipinski definition) is 0. The first kappa shape index (κ1) is 112. The van der Waals surface area contributed by atoms with E-state index in [1.807, 2.05) is 0 Å². The SMILES string of the molecule is CCCCCCC(CCCCCC)(CCCCCC)CCCC(CC)C(=O)[O][Sn]([O]C(=O)C(CC)CCCC(CCCCCC)(CCCCCC)CCCCCC)([O]C(=O)C(CC)CCCC(CCCCCC)(CCCCCC)CCCCCC)[O]C(=O)C(CC)CCCC(CCCCCC)(CCCCCC)CCCCCC. The number of rotatable bonds is 88.